The molecule has 2 aromatic rings. The monoisotopic (exact) mass is 464 g/mol. The van der Waals surface area contributed by atoms with Crippen molar-refractivity contribution in [3.8, 4) is 11.1 Å². The number of carbonyl (C=O) groups is 3. The van der Waals surface area contributed by atoms with Gasteiger partial charge in [-0.25, -0.2) is 4.79 Å². The summed E-state index contributed by atoms with van der Waals surface area (Å²) >= 11 is 0. The van der Waals surface area contributed by atoms with E-state index < -0.39 is 18.0 Å². The number of alkyl carbamates (subject to hydrolysis) is 1. The van der Waals surface area contributed by atoms with E-state index in [-0.39, 0.29) is 37.3 Å². The minimum absolute atomic E-state index is 0.0167. The highest BCUT2D eigenvalue weighted by atomic mass is 16.5. The quantitative estimate of drug-likeness (QED) is 0.463. The molecule has 2 atom stereocenters. The molecule has 7 nitrogen and oxygen atoms in total. The fourth-order valence-electron chi connectivity index (χ4n) is 4.85. The zero-order chi connectivity index (χ0) is 24.1. The molecule has 3 N–H and O–H groups in total. The summed E-state index contributed by atoms with van der Waals surface area (Å²) in [5.74, 6) is -1.07. The number of rotatable bonds is 11. The van der Waals surface area contributed by atoms with Crippen molar-refractivity contribution in [3.63, 3.8) is 0 Å². The van der Waals surface area contributed by atoms with Crippen molar-refractivity contribution >= 4 is 18.0 Å². The van der Waals surface area contributed by atoms with Crippen molar-refractivity contribution in [1.82, 2.24) is 10.6 Å². The van der Waals surface area contributed by atoms with Crippen molar-refractivity contribution in [2.24, 2.45) is 17.8 Å². The number of carboxylic acids is 1. The van der Waals surface area contributed by atoms with Crippen LogP contribution in [-0.2, 0) is 14.3 Å². The van der Waals surface area contributed by atoms with Gasteiger partial charge in [0.2, 0.25) is 5.91 Å². The lowest BCUT2D eigenvalue weighted by Crippen LogP contribution is -2.41. The molecule has 0 aliphatic heterocycles. The van der Waals surface area contributed by atoms with Gasteiger partial charge in [-0.15, -0.1) is 0 Å². The maximum absolute atomic E-state index is 12.6. The normalized spacial score (nSPS) is 16.1. The largest absolute Gasteiger partial charge is 0.481 e. The van der Waals surface area contributed by atoms with Crippen molar-refractivity contribution in [3.05, 3.63) is 59.7 Å². The van der Waals surface area contributed by atoms with Crippen LogP contribution >= 0.6 is 0 Å². The van der Waals surface area contributed by atoms with Gasteiger partial charge in [0.1, 0.15) is 6.61 Å². The molecule has 7 heteroatoms. The molecule has 1 fully saturated rings. The van der Waals surface area contributed by atoms with Gasteiger partial charge in [0, 0.05) is 19.0 Å². The smallest absolute Gasteiger partial charge is 0.407 e. The maximum Gasteiger partial charge on any atom is 0.407 e. The molecular formula is C27H32N2O5. The average molecular weight is 465 g/mol. The molecule has 2 aromatic carbocycles. The fraction of sp³-hybridized carbons (Fsp3) is 0.444. The van der Waals surface area contributed by atoms with Crippen molar-refractivity contribution in [2.45, 2.75) is 38.5 Å². The summed E-state index contributed by atoms with van der Waals surface area (Å²) in [5.41, 5.74) is 4.63. The summed E-state index contributed by atoms with van der Waals surface area (Å²) in [4.78, 5) is 36.1. The molecule has 2 aliphatic rings. The summed E-state index contributed by atoms with van der Waals surface area (Å²) in [7, 11) is 0. The molecule has 1 saturated carbocycles. The molecule has 2 unspecified atom stereocenters. The summed E-state index contributed by atoms with van der Waals surface area (Å²) in [6.45, 7) is 2.64. The maximum atomic E-state index is 12.6. The Morgan fingerprint density at radius 2 is 1.59 bits per heavy atom. The van der Waals surface area contributed by atoms with E-state index in [0.717, 1.165) is 24.0 Å². The molecule has 0 saturated heterocycles. The highest BCUT2D eigenvalue weighted by molar-refractivity contribution is 5.80. The Balaban J connectivity index is 1.26. The Bertz CT molecular complexity index is 1000. The Morgan fingerprint density at radius 1 is 0.971 bits per heavy atom. The third-order valence-electron chi connectivity index (χ3n) is 6.96. The highest BCUT2D eigenvalue weighted by Crippen LogP contribution is 2.44. The number of nitrogens with one attached hydrogen (secondary N) is 2. The number of aliphatic carboxylic acids is 1. The second-order valence-electron chi connectivity index (χ2n) is 9.25. The van der Waals surface area contributed by atoms with Crippen molar-refractivity contribution < 1.29 is 24.2 Å². The van der Waals surface area contributed by atoms with E-state index in [4.69, 9.17) is 9.84 Å². The molecule has 2 amide bonds. The van der Waals surface area contributed by atoms with Gasteiger partial charge in [-0.3, -0.25) is 9.59 Å². The summed E-state index contributed by atoms with van der Waals surface area (Å²) in [6, 6.07) is 16.3. The molecule has 2 aliphatic carbocycles. The number of ether oxygens (including phenoxy) is 1. The minimum Gasteiger partial charge on any atom is -0.481 e. The van der Waals surface area contributed by atoms with Crippen LogP contribution in [0, 0.1) is 17.8 Å². The van der Waals surface area contributed by atoms with Crippen molar-refractivity contribution in [2.75, 3.05) is 19.7 Å². The predicted molar refractivity (Wildman–Crippen MR) is 128 cm³/mol. The van der Waals surface area contributed by atoms with Crippen LogP contribution in [0.5, 0.6) is 0 Å². The van der Waals surface area contributed by atoms with Crippen LogP contribution in [0.3, 0.4) is 0 Å². The number of carbonyl (C=O) groups excluding carboxylic acids is 2. The molecule has 0 aromatic heterocycles. The summed E-state index contributed by atoms with van der Waals surface area (Å²) < 4.78 is 5.55. The van der Waals surface area contributed by atoms with Gasteiger partial charge in [0.05, 0.1) is 12.3 Å². The molecule has 0 bridgehead atoms. The van der Waals surface area contributed by atoms with Crippen LogP contribution in [0.4, 0.5) is 4.79 Å². The van der Waals surface area contributed by atoms with E-state index >= 15 is 0 Å². The molecule has 0 radical (unpaired) electrons. The van der Waals surface area contributed by atoms with Gasteiger partial charge in [-0.1, -0.05) is 55.5 Å². The highest BCUT2D eigenvalue weighted by Gasteiger charge is 2.33. The minimum atomic E-state index is -0.838. The molecule has 0 heterocycles. The van der Waals surface area contributed by atoms with E-state index in [0.29, 0.717) is 18.9 Å². The van der Waals surface area contributed by atoms with E-state index in [2.05, 4.69) is 34.9 Å². The van der Waals surface area contributed by atoms with Crippen LogP contribution in [0.1, 0.15) is 49.7 Å². The Kier molecular flexibility index (Phi) is 7.50. The first kappa shape index (κ1) is 23.8. The lowest BCUT2D eigenvalue weighted by atomic mass is 9.98. The molecule has 34 heavy (non-hydrogen) atoms. The second kappa shape index (κ2) is 10.7. The third kappa shape index (κ3) is 5.58. The summed E-state index contributed by atoms with van der Waals surface area (Å²) in [5, 5.41) is 14.7. The first-order valence-electron chi connectivity index (χ1n) is 12.1. The fourth-order valence-corrected chi connectivity index (χ4v) is 4.85. The lowest BCUT2D eigenvalue weighted by Gasteiger charge is -2.19. The SMILES string of the molecule is CCC(CNC(=O)OCC1c2ccccc2-c2ccccc21)C(=O)NCC(CC(=O)O)C1CC1. The summed E-state index contributed by atoms with van der Waals surface area (Å²) in [6.07, 6.45) is 2.13. The van der Waals surface area contributed by atoms with Crippen LogP contribution in [0.2, 0.25) is 0 Å². The lowest BCUT2D eigenvalue weighted by molar-refractivity contribution is -0.138. The number of hydrogen-bond acceptors (Lipinski definition) is 4. The van der Waals surface area contributed by atoms with Crippen LogP contribution in [0.25, 0.3) is 11.1 Å². The van der Waals surface area contributed by atoms with E-state index in [1.165, 1.54) is 11.1 Å². The number of hydrogen-bond donors (Lipinski definition) is 3. The standard InChI is InChI=1S/C27H32N2O5/c1-2-17(26(32)28-15-19(13-25(30)31)18-11-12-18)14-29-27(33)34-16-24-22-9-5-3-7-20(22)21-8-4-6-10-23(21)24/h3-10,17-19,24H,2,11-16H2,1H3,(H,28,32)(H,29,33)(H,30,31). The number of amides is 2. The molecular weight excluding hydrogens is 432 g/mol. The van der Waals surface area contributed by atoms with Crippen molar-refractivity contribution in [1.29, 1.82) is 0 Å². The Morgan fingerprint density at radius 3 is 2.15 bits per heavy atom. The number of carboxylic acid groups (broad SMARTS) is 1. The number of benzene rings is 2. The Hall–Kier alpha value is -3.35. The van der Waals surface area contributed by atoms with E-state index in [1.807, 2.05) is 31.2 Å². The number of fused-ring (bicyclic) bond motifs is 3. The molecule has 180 valence electrons. The van der Waals surface area contributed by atoms with Gasteiger partial charge in [-0.05, 0) is 53.4 Å². The molecule has 0 spiro atoms. The first-order valence-corrected chi connectivity index (χ1v) is 12.1. The third-order valence-corrected chi connectivity index (χ3v) is 6.96. The van der Waals surface area contributed by atoms with Gasteiger partial charge in [0.25, 0.3) is 0 Å². The van der Waals surface area contributed by atoms with Gasteiger partial charge in [0.15, 0.2) is 0 Å². The van der Waals surface area contributed by atoms with E-state index in [1.54, 1.807) is 0 Å². The van der Waals surface area contributed by atoms with Crippen LogP contribution < -0.4 is 10.6 Å². The molecule has 4 rings (SSSR count). The van der Waals surface area contributed by atoms with Gasteiger partial charge in [-0.2, -0.15) is 0 Å². The van der Waals surface area contributed by atoms with Gasteiger partial charge >= 0.3 is 12.1 Å². The van der Waals surface area contributed by atoms with E-state index in [9.17, 15) is 14.4 Å². The van der Waals surface area contributed by atoms with Crippen LogP contribution in [0.15, 0.2) is 48.5 Å². The van der Waals surface area contributed by atoms with Crippen LogP contribution in [-0.4, -0.2) is 42.8 Å². The predicted octanol–water partition coefficient (Wildman–Crippen LogP) is 4.17. The second-order valence-corrected chi connectivity index (χ2v) is 9.25. The first-order chi connectivity index (χ1) is 16.5. The zero-order valence-electron chi connectivity index (χ0n) is 19.5. The zero-order valence-corrected chi connectivity index (χ0v) is 19.5. The van der Waals surface area contributed by atoms with Gasteiger partial charge < -0.3 is 20.5 Å². The average Bonchev–Trinajstić information content (AvgIpc) is 3.63. The topological polar surface area (TPSA) is 105 Å². The Labute approximate surface area is 199 Å².